The summed E-state index contributed by atoms with van der Waals surface area (Å²) in [6.45, 7) is 5.45. The third-order valence-corrected chi connectivity index (χ3v) is 0.703. The van der Waals surface area contributed by atoms with Crippen molar-refractivity contribution in [2.24, 2.45) is 0 Å². The van der Waals surface area contributed by atoms with Crippen molar-refractivity contribution in [2.75, 3.05) is 6.54 Å². The Morgan fingerprint density at radius 2 is 2.29 bits per heavy atom. The Labute approximate surface area is 43.0 Å². The van der Waals surface area contributed by atoms with E-state index in [-0.39, 0.29) is 5.78 Å². The summed E-state index contributed by atoms with van der Waals surface area (Å²) < 4.78 is 0. The van der Waals surface area contributed by atoms with Crippen LogP contribution in [-0.2, 0) is 4.79 Å². The molecule has 0 radical (unpaired) electrons. The standard InChI is InChI=1S/C5H9NO/c1-4(2)5(7)3-6/h1,3,6H2,2H3/p+1. The fraction of sp³-hybridized carbons (Fsp3) is 0.400. The Morgan fingerprint density at radius 1 is 1.86 bits per heavy atom. The lowest BCUT2D eigenvalue weighted by atomic mass is 10.2. The van der Waals surface area contributed by atoms with Crippen molar-refractivity contribution in [3.05, 3.63) is 12.2 Å². The average Bonchev–Trinajstić information content (AvgIpc) is 1.65. The molecule has 3 N–H and O–H groups in total. The number of rotatable bonds is 2. The van der Waals surface area contributed by atoms with Gasteiger partial charge in [0.1, 0.15) is 6.54 Å². The minimum absolute atomic E-state index is 0.0417. The highest BCUT2D eigenvalue weighted by molar-refractivity contribution is 5.94. The summed E-state index contributed by atoms with van der Waals surface area (Å²) in [5, 5.41) is 0. The third kappa shape index (κ3) is 2.11. The zero-order chi connectivity index (χ0) is 5.86. The largest absolute Gasteiger partial charge is 0.351 e. The molecule has 0 aromatic heterocycles. The summed E-state index contributed by atoms with van der Waals surface area (Å²) in [5.74, 6) is 0.0417. The van der Waals surface area contributed by atoms with Gasteiger partial charge in [0, 0.05) is 0 Å². The van der Waals surface area contributed by atoms with E-state index in [9.17, 15) is 4.79 Å². The summed E-state index contributed by atoms with van der Waals surface area (Å²) in [7, 11) is 0. The Bertz CT molecular complexity index is 96.3. The number of ketones is 1. The smallest absolute Gasteiger partial charge is 0.211 e. The maximum atomic E-state index is 10.3. The molecule has 0 saturated carbocycles. The molecular weight excluding hydrogens is 90.1 g/mol. The van der Waals surface area contributed by atoms with E-state index in [4.69, 9.17) is 0 Å². The van der Waals surface area contributed by atoms with Crippen LogP contribution in [0.3, 0.4) is 0 Å². The number of hydrogen-bond donors (Lipinski definition) is 1. The van der Waals surface area contributed by atoms with E-state index in [2.05, 4.69) is 12.3 Å². The first-order chi connectivity index (χ1) is 3.18. The highest BCUT2D eigenvalue weighted by Gasteiger charge is 1.97. The molecule has 0 bridgehead atoms. The lowest BCUT2D eigenvalue weighted by Gasteiger charge is -1.85. The van der Waals surface area contributed by atoms with Gasteiger partial charge in [-0.15, -0.1) is 0 Å². The minimum atomic E-state index is 0.0417. The average molecular weight is 100 g/mol. The lowest BCUT2D eigenvalue weighted by molar-refractivity contribution is -0.353. The van der Waals surface area contributed by atoms with Gasteiger partial charge < -0.3 is 5.73 Å². The second-order valence-electron chi connectivity index (χ2n) is 1.45. The summed E-state index contributed by atoms with van der Waals surface area (Å²) in [6.07, 6.45) is 0. The Hall–Kier alpha value is -0.630. The van der Waals surface area contributed by atoms with Crippen LogP contribution in [0.4, 0.5) is 0 Å². The van der Waals surface area contributed by atoms with Gasteiger partial charge in [-0.3, -0.25) is 4.79 Å². The van der Waals surface area contributed by atoms with Crippen LogP contribution in [0.5, 0.6) is 0 Å². The lowest BCUT2D eigenvalue weighted by Crippen LogP contribution is -2.54. The van der Waals surface area contributed by atoms with Crippen molar-refractivity contribution in [3.63, 3.8) is 0 Å². The molecule has 2 nitrogen and oxygen atoms in total. The molecule has 0 unspecified atom stereocenters. The SMILES string of the molecule is C=C(C)C(=O)C[NH3+]. The summed E-state index contributed by atoms with van der Waals surface area (Å²) >= 11 is 0. The minimum Gasteiger partial charge on any atom is -0.351 e. The Morgan fingerprint density at radius 3 is 2.29 bits per heavy atom. The molecule has 0 heterocycles. The monoisotopic (exact) mass is 100 g/mol. The fourth-order valence-corrected chi connectivity index (χ4v) is 0.213. The van der Waals surface area contributed by atoms with Gasteiger partial charge in [-0.25, -0.2) is 0 Å². The Balaban J connectivity index is 3.58. The first kappa shape index (κ1) is 6.37. The van der Waals surface area contributed by atoms with E-state index in [0.29, 0.717) is 12.1 Å². The molecule has 7 heavy (non-hydrogen) atoms. The van der Waals surface area contributed by atoms with Crippen molar-refractivity contribution in [1.82, 2.24) is 0 Å². The van der Waals surface area contributed by atoms with E-state index in [1.807, 2.05) is 0 Å². The maximum absolute atomic E-state index is 10.3. The van der Waals surface area contributed by atoms with Crippen molar-refractivity contribution < 1.29 is 10.5 Å². The van der Waals surface area contributed by atoms with Crippen LogP contribution in [0.2, 0.25) is 0 Å². The van der Waals surface area contributed by atoms with Gasteiger partial charge in [0.15, 0.2) is 0 Å². The van der Waals surface area contributed by atoms with E-state index in [0.717, 1.165) is 0 Å². The molecule has 0 spiro atoms. The van der Waals surface area contributed by atoms with Crippen LogP contribution in [0.25, 0.3) is 0 Å². The second-order valence-corrected chi connectivity index (χ2v) is 1.45. The zero-order valence-corrected chi connectivity index (χ0v) is 4.53. The van der Waals surface area contributed by atoms with Gasteiger partial charge in [-0.05, 0) is 12.5 Å². The number of quaternary nitrogens is 1. The molecule has 40 valence electrons. The van der Waals surface area contributed by atoms with Crippen LogP contribution >= 0.6 is 0 Å². The molecule has 0 aromatic rings. The van der Waals surface area contributed by atoms with Crippen LogP contribution in [0, 0.1) is 0 Å². The summed E-state index contributed by atoms with van der Waals surface area (Å²) in [5.41, 5.74) is 3.99. The molecule has 0 atom stereocenters. The van der Waals surface area contributed by atoms with Gasteiger partial charge in [0.05, 0.1) is 0 Å². The van der Waals surface area contributed by atoms with Gasteiger partial charge in [-0.2, -0.15) is 0 Å². The van der Waals surface area contributed by atoms with E-state index in [1.54, 1.807) is 6.92 Å². The topological polar surface area (TPSA) is 44.7 Å². The van der Waals surface area contributed by atoms with Crippen molar-refractivity contribution in [1.29, 1.82) is 0 Å². The summed E-state index contributed by atoms with van der Waals surface area (Å²) in [4.78, 5) is 10.3. The van der Waals surface area contributed by atoms with Gasteiger partial charge in [0.2, 0.25) is 5.78 Å². The van der Waals surface area contributed by atoms with Gasteiger partial charge in [-0.1, -0.05) is 6.58 Å². The number of hydrogen-bond acceptors (Lipinski definition) is 1. The highest BCUT2D eigenvalue weighted by atomic mass is 16.1. The van der Waals surface area contributed by atoms with Crippen LogP contribution < -0.4 is 5.73 Å². The maximum Gasteiger partial charge on any atom is 0.211 e. The number of carbonyl (C=O) groups excluding carboxylic acids is 1. The zero-order valence-electron chi connectivity index (χ0n) is 4.53. The van der Waals surface area contributed by atoms with Crippen LogP contribution in [0.15, 0.2) is 12.2 Å². The first-order valence-electron chi connectivity index (χ1n) is 2.16. The molecule has 2 heteroatoms. The number of Topliss-reactive ketones (excluding diaryl/α,β-unsaturated/α-hetero) is 1. The molecule has 0 aliphatic heterocycles. The van der Waals surface area contributed by atoms with Crippen LogP contribution in [0.1, 0.15) is 6.92 Å². The Kier molecular flexibility index (Phi) is 2.30. The third-order valence-electron chi connectivity index (χ3n) is 0.703. The molecule has 0 aliphatic carbocycles. The van der Waals surface area contributed by atoms with Crippen molar-refractivity contribution >= 4 is 5.78 Å². The van der Waals surface area contributed by atoms with E-state index < -0.39 is 0 Å². The fourth-order valence-electron chi connectivity index (χ4n) is 0.213. The second kappa shape index (κ2) is 2.53. The molecule has 0 saturated heterocycles. The molecule has 0 aliphatic rings. The quantitative estimate of drug-likeness (QED) is 0.461. The van der Waals surface area contributed by atoms with Crippen molar-refractivity contribution in [2.45, 2.75) is 6.92 Å². The molecular formula is C5H10NO+. The van der Waals surface area contributed by atoms with Gasteiger partial charge >= 0.3 is 0 Å². The first-order valence-corrected chi connectivity index (χ1v) is 2.16. The normalized spacial score (nSPS) is 8.29. The van der Waals surface area contributed by atoms with E-state index >= 15 is 0 Å². The predicted octanol–water partition coefficient (Wildman–Crippen LogP) is -0.627. The molecule has 0 aromatic carbocycles. The predicted molar refractivity (Wildman–Crippen MR) is 27.6 cm³/mol. The van der Waals surface area contributed by atoms with Gasteiger partial charge in [0.25, 0.3) is 0 Å². The van der Waals surface area contributed by atoms with E-state index in [1.165, 1.54) is 0 Å². The molecule has 0 fully saturated rings. The molecule has 0 rings (SSSR count). The van der Waals surface area contributed by atoms with Crippen molar-refractivity contribution in [3.8, 4) is 0 Å². The molecule has 0 amide bonds. The highest BCUT2D eigenvalue weighted by Crippen LogP contribution is 1.83. The summed E-state index contributed by atoms with van der Waals surface area (Å²) in [6, 6.07) is 0. The van der Waals surface area contributed by atoms with Crippen LogP contribution in [-0.4, -0.2) is 12.3 Å². The number of carbonyl (C=O) groups is 1.